The molecule has 1 saturated carbocycles. The van der Waals surface area contributed by atoms with Crippen LogP contribution < -0.4 is 5.32 Å². The predicted octanol–water partition coefficient (Wildman–Crippen LogP) is 1.62. The molecule has 1 aromatic carbocycles. The number of carbonyl (C=O) groups is 1. The Bertz CT molecular complexity index is 420. The molecule has 3 unspecified atom stereocenters. The second-order valence-electron chi connectivity index (χ2n) is 5.07. The maximum absolute atomic E-state index is 11.3. The van der Waals surface area contributed by atoms with E-state index in [1.54, 1.807) is 6.92 Å². The second kappa shape index (κ2) is 5.08. The van der Waals surface area contributed by atoms with E-state index in [9.17, 15) is 9.90 Å². The van der Waals surface area contributed by atoms with Crippen LogP contribution in [0.4, 0.5) is 0 Å². The monoisotopic (exact) mass is 249 g/mol. The van der Waals surface area contributed by atoms with Crippen LogP contribution >= 0.6 is 0 Å². The zero-order valence-electron chi connectivity index (χ0n) is 10.7. The van der Waals surface area contributed by atoms with Crippen molar-refractivity contribution >= 4 is 5.97 Å². The number of ether oxygens (including phenoxy) is 1. The van der Waals surface area contributed by atoms with Gasteiger partial charge in [-0.3, -0.25) is 10.1 Å². The van der Waals surface area contributed by atoms with E-state index in [0.29, 0.717) is 5.92 Å². The van der Waals surface area contributed by atoms with Crippen LogP contribution in [-0.4, -0.2) is 36.4 Å². The highest BCUT2D eigenvalue weighted by atomic mass is 16.5. The number of methoxy groups -OCH3 is 1. The van der Waals surface area contributed by atoms with Crippen LogP contribution in [-0.2, 0) is 9.53 Å². The van der Waals surface area contributed by atoms with Crippen molar-refractivity contribution in [3.05, 3.63) is 35.9 Å². The minimum atomic E-state index is -1.01. The minimum Gasteiger partial charge on any atom is -0.480 e. The van der Waals surface area contributed by atoms with E-state index in [1.807, 2.05) is 18.2 Å². The summed E-state index contributed by atoms with van der Waals surface area (Å²) in [5, 5.41) is 12.4. The molecule has 0 aliphatic heterocycles. The fourth-order valence-corrected chi connectivity index (χ4v) is 2.29. The Balaban J connectivity index is 1.98. The summed E-state index contributed by atoms with van der Waals surface area (Å²) < 4.78 is 4.99. The van der Waals surface area contributed by atoms with E-state index in [0.717, 1.165) is 6.42 Å². The molecule has 0 heterocycles. The molecule has 0 amide bonds. The highest BCUT2D eigenvalue weighted by Crippen LogP contribution is 2.41. The van der Waals surface area contributed by atoms with Crippen molar-refractivity contribution in [3.63, 3.8) is 0 Å². The molecule has 1 aliphatic rings. The number of rotatable bonds is 6. The van der Waals surface area contributed by atoms with Gasteiger partial charge in [0, 0.05) is 19.1 Å². The van der Waals surface area contributed by atoms with Gasteiger partial charge in [-0.15, -0.1) is 0 Å². The largest absolute Gasteiger partial charge is 0.480 e. The van der Waals surface area contributed by atoms with E-state index >= 15 is 0 Å². The van der Waals surface area contributed by atoms with Gasteiger partial charge in [-0.1, -0.05) is 30.3 Å². The number of aliphatic carboxylic acids is 1. The zero-order valence-corrected chi connectivity index (χ0v) is 10.7. The van der Waals surface area contributed by atoms with Crippen molar-refractivity contribution < 1.29 is 14.6 Å². The zero-order chi connectivity index (χ0) is 13.2. The molecule has 18 heavy (non-hydrogen) atoms. The molecule has 4 nitrogen and oxygen atoms in total. The molecule has 2 rings (SSSR count). The lowest BCUT2D eigenvalue weighted by Gasteiger charge is -2.25. The average Bonchev–Trinajstić information content (AvgIpc) is 3.09. The van der Waals surface area contributed by atoms with Crippen LogP contribution in [0.3, 0.4) is 0 Å². The van der Waals surface area contributed by atoms with E-state index in [2.05, 4.69) is 17.4 Å². The highest BCUT2D eigenvalue weighted by Gasteiger charge is 2.45. The molecule has 98 valence electrons. The van der Waals surface area contributed by atoms with Crippen molar-refractivity contribution in [2.45, 2.75) is 30.8 Å². The van der Waals surface area contributed by atoms with Gasteiger partial charge in [-0.2, -0.15) is 0 Å². The third-order valence-corrected chi connectivity index (χ3v) is 3.43. The first-order valence-electron chi connectivity index (χ1n) is 6.12. The van der Waals surface area contributed by atoms with Gasteiger partial charge in [0.05, 0.1) is 6.61 Å². The number of carboxylic acids is 1. The van der Waals surface area contributed by atoms with Crippen LogP contribution in [0.25, 0.3) is 0 Å². The molecule has 1 aromatic rings. The number of nitrogens with one attached hydrogen (secondary N) is 1. The fourth-order valence-electron chi connectivity index (χ4n) is 2.29. The van der Waals surface area contributed by atoms with Crippen molar-refractivity contribution in [2.24, 2.45) is 0 Å². The van der Waals surface area contributed by atoms with E-state index < -0.39 is 11.5 Å². The van der Waals surface area contributed by atoms with E-state index in [4.69, 9.17) is 4.74 Å². The van der Waals surface area contributed by atoms with Crippen LogP contribution in [0.1, 0.15) is 24.8 Å². The van der Waals surface area contributed by atoms with Crippen LogP contribution in [0.5, 0.6) is 0 Å². The SMILES string of the molecule is COCC(C)(NC1CC1c1ccccc1)C(=O)O. The molecular weight excluding hydrogens is 230 g/mol. The molecule has 0 aromatic heterocycles. The van der Waals surface area contributed by atoms with Crippen LogP contribution in [0, 0.1) is 0 Å². The lowest BCUT2D eigenvalue weighted by Crippen LogP contribution is -2.54. The maximum atomic E-state index is 11.3. The Morgan fingerprint density at radius 2 is 2.17 bits per heavy atom. The van der Waals surface area contributed by atoms with Crippen LogP contribution in [0.2, 0.25) is 0 Å². The normalized spacial score (nSPS) is 25.4. The van der Waals surface area contributed by atoms with Gasteiger partial charge in [0.2, 0.25) is 0 Å². The van der Waals surface area contributed by atoms with E-state index in [1.165, 1.54) is 12.7 Å². The topological polar surface area (TPSA) is 58.6 Å². The average molecular weight is 249 g/mol. The Morgan fingerprint density at radius 1 is 1.50 bits per heavy atom. The van der Waals surface area contributed by atoms with Crippen molar-refractivity contribution in [1.29, 1.82) is 0 Å². The molecule has 0 radical (unpaired) electrons. The third-order valence-electron chi connectivity index (χ3n) is 3.43. The van der Waals surface area contributed by atoms with Gasteiger partial charge in [-0.25, -0.2) is 0 Å². The summed E-state index contributed by atoms with van der Waals surface area (Å²) in [6.45, 7) is 1.83. The first kappa shape index (κ1) is 13.1. The molecule has 3 atom stereocenters. The summed E-state index contributed by atoms with van der Waals surface area (Å²) in [6.07, 6.45) is 0.983. The molecule has 1 fully saturated rings. The van der Waals surface area contributed by atoms with Gasteiger partial charge in [-0.05, 0) is 18.9 Å². The van der Waals surface area contributed by atoms with E-state index in [-0.39, 0.29) is 12.6 Å². The predicted molar refractivity (Wildman–Crippen MR) is 68.6 cm³/mol. The second-order valence-corrected chi connectivity index (χ2v) is 5.07. The van der Waals surface area contributed by atoms with Gasteiger partial charge >= 0.3 is 5.97 Å². The Morgan fingerprint density at radius 3 is 2.72 bits per heavy atom. The Kier molecular flexibility index (Phi) is 3.68. The quantitative estimate of drug-likeness (QED) is 0.804. The fraction of sp³-hybridized carbons (Fsp3) is 0.500. The summed E-state index contributed by atoms with van der Waals surface area (Å²) in [4.78, 5) is 11.3. The number of hydrogen-bond donors (Lipinski definition) is 2. The summed E-state index contributed by atoms with van der Waals surface area (Å²) in [6, 6.07) is 10.4. The van der Waals surface area contributed by atoms with Gasteiger partial charge < -0.3 is 9.84 Å². The van der Waals surface area contributed by atoms with Crippen molar-refractivity contribution in [2.75, 3.05) is 13.7 Å². The highest BCUT2D eigenvalue weighted by molar-refractivity contribution is 5.78. The first-order valence-corrected chi connectivity index (χ1v) is 6.12. The third kappa shape index (κ3) is 2.71. The smallest absolute Gasteiger partial charge is 0.326 e. The molecular formula is C14H19NO3. The maximum Gasteiger partial charge on any atom is 0.326 e. The van der Waals surface area contributed by atoms with Gasteiger partial charge in [0.15, 0.2) is 0 Å². The summed E-state index contributed by atoms with van der Waals surface area (Å²) in [7, 11) is 1.52. The van der Waals surface area contributed by atoms with Gasteiger partial charge in [0.1, 0.15) is 5.54 Å². The molecule has 0 bridgehead atoms. The van der Waals surface area contributed by atoms with Crippen LogP contribution in [0.15, 0.2) is 30.3 Å². The summed E-state index contributed by atoms with van der Waals surface area (Å²) in [5.74, 6) is -0.454. The summed E-state index contributed by atoms with van der Waals surface area (Å²) in [5.41, 5.74) is 0.253. The van der Waals surface area contributed by atoms with Crippen molar-refractivity contribution in [1.82, 2.24) is 5.32 Å². The number of benzene rings is 1. The Hall–Kier alpha value is -1.39. The first-order chi connectivity index (χ1) is 8.57. The molecule has 2 N–H and O–H groups in total. The minimum absolute atomic E-state index is 0.167. The van der Waals surface area contributed by atoms with Gasteiger partial charge in [0.25, 0.3) is 0 Å². The number of carboxylic acid groups (broad SMARTS) is 1. The lowest BCUT2D eigenvalue weighted by molar-refractivity contribution is -0.146. The molecule has 0 saturated heterocycles. The number of hydrogen-bond acceptors (Lipinski definition) is 3. The Labute approximate surface area is 107 Å². The molecule has 1 aliphatic carbocycles. The lowest BCUT2D eigenvalue weighted by atomic mass is 10.0. The molecule has 0 spiro atoms. The standard InChI is InChI=1S/C14H19NO3/c1-14(9-18-2,13(16)17)15-12-8-11(12)10-6-4-3-5-7-10/h3-7,11-12,15H,8-9H2,1-2H3,(H,16,17). The van der Waals surface area contributed by atoms with Crippen molar-refractivity contribution in [3.8, 4) is 0 Å². The summed E-state index contributed by atoms with van der Waals surface area (Å²) >= 11 is 0. The molecule has 4 heteroatoms.